The van der Waals surface area contributed by atoms with Crippen LogP contribution in [0.2, 0.25) is 0 Å². The van der Waals surface area contributed by atoms with Crippen LogP contribution in [0.15, 0.2) is 0 Å². The molecule has 0 radical (unpaired) electrons. The third kappa shape index (κ3) is 5.15. The number of carbonyl (C=O) groups is 1. The average Bonchev–Trinajstić information content (AvgIpc) is 2.29. The lowest BCUT2D eigenvalue weighted by molar-refractivity contribution is -0.125. The second-order valence-corrected chi connectivity index (χ2v) is 5.53. The second kappa shape index (κ2) is 7.09. The summed E-state index contributed by atoms with van der Waals surface area (Å²) in [5.74, 6) is 0. The first-order valence-corrected chi connectivity index (χ1v) is 6.45. The summed E-state index contributed by atoms with van der Waals surface area (Å²) in [4.78, 5) is 15.7. The molecule has 4 heteroatoms. The van der Waals surface area contributed by atoms with Gasteiger partial charge in [0.05, 0.1) is 12.0 Å². The summed E-state index contributed by atoms with van der Waals surface area (Å²) >= 11 is 0. The summed E-state index contributed by atoms with van der Waals surface area (Å²) < 4.78 is 5.45. The first-order valence-electron chi connectivity index (χ1n) is 6.45. The Kier molecular flexibility index (Phi) is 6.09. The molecule has 0 amide bonds. The van der Waals surface area contributed by atoms with Crippen molar-refractivity contribution in [3.63, 3.8) is 0 Å². The molecule has 1 heterocycles. The van der Waals surface area contributed by atoms with Gasteiger partial charge in [-0.1, -0.05) is 0 Å². The Labute approximate surface area is 105 Å². The highest BCUT2D eigenvalue weighted by atomic mass is 16.5. The van der Waals surface area contributed by atoms with E-state index in [1.165, 1.54) is 0 Å². The van der Waals surface area contributed by atoms with Gasteiger partial charge in [0.25, 0.3) is 0 Å². The molecule has 17 heavy (non-hydrogen) atoms. The van der Waals surface area contributed by atoms with Crippen LogP contribution in [0.25, 0.3) is 0 Å². The molecule has 0 spiro atoms. The zero-order valence-electron chi connectivity index (χ0n) is 11.4. The zero-order chi connectivity index (χ0) is 12.7. The largest absolute Gasteiger partial charge is 0.380 e. The van der Waals surface area contributed by atoms with Crippen LogP contribution >= 0.6 is 0 Å². The van der Waals surface area contributed by atoms with E-state index in [1.807, 2.05) is 0 Å². The second-order valence-electron chi connectivity index (χ2n) is 5.53. The highest BCUT2D eigenvalue weighted by Crippen LogP contribution is 2.27. The van der Waals surface area contributed by atoms with Crippen molar-refractivity contribution >= 4 is 6.29 Å². The molecule has 0 aromatic carbocycles. The van der Waals surface area contributed by atoms with Crippen molar-refractivity contribution in [1.82, 2.24) is 9.80 Å². The maximum absolute atomic E-state index is 11.3. The molecule has 1 rings (SSSR count). The van der Waals surface area contributed by atoms with Crippen molar-refractivity contribution < 1.29 is 9.53 Å². The summed E-state index contributed by atoms with van der Waals surface area (Å²) in [6, 6.07) is 0. The van der Waals surface area contributed by atoms with Gasteiger partial charge in [0.15, 0.2) is 0 Å². The van der Waals surface area contributed by atoms with Crippen LogP contribution in [0.1, 0.15) is 19.3 Å². The highest BCUT2D eigenvalue weighted by Gasteiger charge is 2.33. The van der Waals surface area contributed by atoms with Crippen LogP contribution in [0, 0.1) is 5.41 Å². The number of carbonyl (C=O) groups excluding carboxylic acids is 1. The Bertz CT molecular complexity index is 225. The topological polar surface area (TPSA) is 32.8 Å². The zero-order valence-corrected chi connectivity index (χ0v) is 11.4. The summed E-state index contributed by atoms with van der Waals surface area (Å²) in [7, 11) is 6.26. The number of hydrogen-bond donors (Lipinski definition) is 0. The van der Waals surface area contributed by atoms with Gasteiger partial charge < -0.3 is 19.3 Å². The van der Waals surface area contributed by atoms with Crippen molar-refractivity contribution in [2.75, 3.05) is 54.0 Å². The number of ether oxygens (including phenoxy) is 1. The Morgan fingerprint density at radius 1 is 1.29 bits per heavy atom. The minimum absolute atomic E-state index is 0.259. The van der Waals surface area contributed by atoms with Gasteiger partial charge in [-0.15, -0.1) is 0 Å². The van der Waals surface area contributed by atoms with Crippen LogP contribution in [0.5, 0.6) is 0 Å². The van der Waals surface area contributed by atoms with Gasteiger partial charge in [0.2, 0.25) is 0 Å². The molecule has 1 atom stereocenters. The predicted molar refractivity (Wildman–Crippen MR) is 69.2 cm³/mol. The van der Waals surface area contributed by atoms with Crippen molar-refractivity contribution in [3.05, 3.63) is 0 Å². The third-order valence-corrected chi connectivity index (χ3v) is 3.33. The Balaban J connectivity index is 2.31. The van der Waals surface area contributed by atoms with Gasteiger partial charge in [0.1, 0.15) is 6.29 Å². The molecule has 1 aliphatic rings. The number of hydrogen-bond acceptors (Lipinski definition) is 4. The fourth-order valence-electron chi connectivity index (χ4n) is 2.40. The fourth-order valence-corrected chi connectivity index (χ4v) is 2.40. The summed E-state index contributed by atoms with van der Waals surface area (Å²) in [5, 5.41) is 0. The van der Waals surface area contributed by atoms with Gasteiger partial charge in [-0.3, -0.25) is 0 Å². The van der Waals surface area contributed by atoms with E-state index in [9.17, 15) is 4.79 Å². The van der Waals surface area contributed by atoms with E-state index in [0.717, 1.165) is 51.8 Å². The van der Waals surface area contributed by atoms with Crippen LogP contribution in [0.4, 0.5) is 0 Å². The van der Waals surface area contributed by atoms with Crippen molar-refractivity contribution in [2.24, 2.45) is 5.41 Å². The molecule has 1 aliphatic heterocycles. The van der Waals surface area contributed by atoms with E-state index < -0.39 is 0 Å². The summed E-state index contributed by atoms with van der Waals surface area (Å²) in [5.41, 5.74) is -0.259. The van der Waals surface area contributed by atoms with Crippen molar-refractivity contribution in [2.45, 2.75) is 19.3 Å². The Hall–Kier alpha value is -0.450. The lowest BCUT2D eigenvalue weighted by atomic mass is 9.83. The van der Waals surface area contributed by atoms with Gasteiger partial charge in [0, 0.05) is 13.2 Å². The summed E-state index contributed by atoms with van der Waals surface area (Å²) in [6.07, 6.45) is 4.21. The van der Waals surface area contributed by atoms with Crippen LogP contribution in [-0.2, 0) is 9.53 Å². The minimum Gasteiger partial charge on any atom is -0.380 e. The molecule has 0 saturated carbocycles. The predicted octanol–water partition coefficient (Wildman–Crippen LogP) is 0.866. The summed E-state index contributed by atoms with van der Waals surface area (Å²) in [6.45, 7) is 4.35. The first-order chi connectivity index (χ1) is 8.08. The minimum atomic E-state index is -0.259. The Morgan fingerprint density at radius 3 is 2.59 bits per heavy atom. The van der Waals surface area contributed by atoms with Gasteiger partial charge in [-0.2, -0.15) is 0 Å². The van der Waals surface area contributed by atoms with Crippen molar-refractivity contribution in [1.29, 1.82) is 0 Å². The van der Waals surface area contributed by atoms with Gasteiger partial charge >= 0.3 is 0 Å². The molecular weight excluding hydrogens is 216 g/mol. The SMILES string of the molecule is CN(C)CCCN(C)CC1(C=O)CCCOC1. The maximum Gasteiger partial charge on any atom is 0.129 e. The number of aldehydes is 1. The van der Waals surface area contributed by atoms with E-state index in [1.54, 1.807) is 0 Å². The molecule has 0 N–H and O–H groups in total. The molecule has 4 nitrogen and oxygen atoms in total. The maximum atomic E-state index is 11.3. The molecule has 1 fully saturated rings. The lowest BCUT2D eigenvalue weighted by Gasteiger charge is -2.35. The molecular formula is C13H26N2O2. The molecule has 100 valence electrons. The third-order valence-electron chi connectivity index (χ3n) is 3.33. The van der Waals surface area contributed by atoms with Crippen LogP contribution in [-0.4, -0.2) is 70.1 Å². The molecule has 1 unspecified atom stereocenters. The Morgan fingerprint density at radius 2 is 2.06 bits per heavy atom. The van der Waals surface area contributed by atoms with Crippen molar-refractivity contribution in [3.8, 4) is 0 Å². The molecule has 0 bridgehead atoms. The van der Waals surface area contributed by atoms with Gasteiger partial charge in [-0.25, -0.2) is 0 Å². The molecule has 1 saturated heterocycles. The van der Waals surface area contributed by atoms with E-state index in [4.69, 9.17) is 4.74 Å². The molecule has 0 aromatic rings. The van der Waals surface area contributed by atoms with E-state index in [2.05, 4.69) is 30.9 Å². The number of nitrogens with zero attached hydrogens (tertiary/aromatic N) is 2. The fraction of sp³-hybridized carbons (Fsp3) is 0.923. The van der Waals surface area contributed by atoms with Gasteiger partial charge in [-0.05, 0) is 53.5 Å². The van der Waals surface area contributed by atoms with Crippen LogP contribution < -0.4 is 0 Å². The average molecular weight is 242 g/mol. The van der Waals surface area contributed by atoms with E-state index >= 15 is 0 Å². The molecule has 0 aromatic heterocycles. The lowest BCUT2D eigenvalue weighted by Crippen LogP contribution is -2.43. The highest BCUT2D eigenvalue weighted by molar-refractivity contribution is 5.60. The molecule has 0 aliphatic carbocycles. The monoisotopic (exact) mass is 242 g/mol. The van der Waals surface area contributed by atoms with E-state index in [0.29, 0.717) is 6.61 Å². The standard InChI is InChI=1S/C13H26N2O2/c1-14(2)7-5-8-15(3)10-13(11-16)6-4-9-17-12-13/h11H,4-10,12H2,1-3H3. The van der Waals surface area contributed by atoms with Crippen LogP contribution in [0.3, 0.4) is 0 Å². The normalized spacial score (nSPS) is 25.5. The number of rotatable bonds is 7. The first kappa shape index (κ1) is 14.6. The van der Waals surface area contributed by atoms with E-state index in [-0.39, 0.29) is 5.41 Å². The smallest absolute Gasteiger partial charge is 0.129 e. The quantitative estimate of drug-likeness (QED) is 0.620.